The number of guanidine groups is 1. The van der Waals surface area contributed by atoms with E-state index in [1.54, 1.807) is 13.1 Å². The van der Waals surface area contributed by atoms with Gasteiger partial charge in [0.15, 0.2) is 5.96 Å². The lowest BCUT2D eigenvalue weighted by atomic mass is 10.0. The van der Waals surface area contributed by atoms with Crippen LogP contribution in [0.3, 0.4) is 0 Å². The molecule has 0 spiro atoms. The zero-order valence-electron chi connectivity index (χ0n) is 12.8. The molecule has 124 valence electrons. The van der Waals surface area contributed by atoms with Gasteiger partial charge in [0, 0.05) is 36.8 Å². The van der Waals surface area contributed by atoms with E-state index in [4.69, 9.17) is 27.9 Å². The number of ether oxygens (including phenoxy) is 1. The van der Waals surface area contributed by atoms with E-state index in [0.29, 0.717) is 16.6 Å². The number of hydrogen-bond acceptors (Lipinski definition) is 2. The lowest BCUT2D eigenvalue weighted by molar-refractivity contribution is 0.0243. The molecule has 0 bridgehead atoms. The Kier molecular flexibility index (Phi) is 8.24. The highest BCUT2D eigenvalue weighted by Gasteiger charge is 2.29. The molecule has 0 amide bonds. The first kappa shape index (κ1) is 19.8. The van der Waals surface area contributed by atoms with E-state index < -0.39 is 0 Å². The maximum absolute atomic E-state index is 6.15. The monoisotopic (exact) mass is 457 g/mol. The van der Waals surface area contributed by atoms with Crippen LogP contribution in [-0.2, 0) is 11.3 Å². The van der Waals surface area contributed by atoms with Gasteiger partial charge in [0.2, 0.25) is 0 Å². The van der Waals surface area contributed by atoms with E-state index in [0.717, 1.165) is 37.5 Å². The van der Waals surface area contributed by atoms with Gasteiger partial charge >= 0.3 is 0 Å². The van der Waals surface area contributed by atoms with Crippen LogP contribution in [0.4, 0.5) is 0 Å². The minimum atomic E-state index is -0.102. The first-order valence-electron chi connectivity index (χ1n) is 7.05. The fourth-order valence-corrected chi connectivity index (χ4v) is 2.79. The molecule has 1 atom stereocenters. The quantitative estimate of drug-likeness (QED) is 0.410. The van der Waals surface area contributed by atoms with Crippen LogP contribution in [0.1, 0.15) is 25.3 Å². The summed E-state index contributed by atoms with van der Waals surface area (Å²) in [5.41, 5.74) is 0.877. The van der Waals surface area contributed by atoms with Crippen LogP contribution < -0.4 is 10.6 Å². The molecule has 0 radical (unpaired) electrons. The smallest absolute Gasteiger partial charge is 0.191 e. The Labute approximate surface area is 159 Å². The summed E-state index contributed by atoms with van der Waals surface area (Å²) < 4.78 is 5.75. The number of rotatable bonds is 4. The molecule has 1 aromatic carbocycles. The molecule has 22 heavy (non-hydrogen) atoms. The molecule has 2 rings (SSSR count). The molecular formula is C15H22Cl2IN3O. The van der Waals surface area contributed by atoms with Crippen LogP contribution in [0.5, 0.6) is 0 Å². The second-order valence-corrected chi connectivity index (χ2v) is 6.26. The average Bonchev–Trinajstić information content (AvgIpc) is 2.88. The number of halogens is 3. The zero-order valence-corrected chi connectivity index (χ0v) is 16.6. The summed E-state index contributed by atoms with van der Waals surface area (Å²) in [6.07, 6.45) is 2.19. The van der Waals surface area contributed by atoms with E-state index in [2.05, 4.69) is 22.5 Å². The second-order valence-electron chi connectivity index (χ2n) is 5.42. The van der Waals surface area contributed by atoms with Gasteiger partial charge in [-0.15, -0.1) is 24.0 Å². The summed E-state index contributed by atoms with van der Waals surface area (Å²) in [5, 5.41) is 7.83. The average molecular weight is 458 g/mol. The number of benzene rings is 1. The Balaban J connectivity index is 0.00000242. The highest BCUT2D eigenvalue weighted by molar-refractivity contribution is 14.0. The first-order chi connectivity index (χ1) is 10.0. The van der Waals surface area contributed by atoms with Crippen molar-refractivity contribution in [1.82, 2.24) is 10.6 Å². The lowest BCUT2D eigenvalue weighted by Crippen LogP contribution is -2.45. The molecule has 0 aliphatic carbocycles. The largest absolute Gasteiger partial charge is 0.373 e. The van der Waals surface area contributed by atoms with Crippen LogP contribution in [0.25, 0.3) is 0 Å². The highest BCUT2D eigenvalue weighted by atomic mass is 127. The maximum Gasteiger partial charge on any atom is 0.191 e. The van der Waals surface area contributed by atoms with Crippen molar-refractivity contribution in [3.8, 4) is 0 Å². The van der Waals surface area contributed by atoms with Gasteiger partial charge in [0.1, 0.15) is 0 Å². The summed E-state index contributed by atoms with van der Waals surface area (Å²) in [6, 6.07) is 5.48. The van der Waals surface area contributed by atoms with E-state index in [-0.39, 0.29) is 29.6 Å². The molecule has 0 saturated carbocycles. The predicted octanol–water partition coefficient (Wildman–Crippen LogP) is 3.85. The summed E-state index contributed by atoms with van der Waals surface area (Å²) in [4.78, 5) is 4.21. The fourth-order valence-electron chi connectivity index (χ4n) is 2.31. The second kappa shape index (κ2) is 9.15. The van der Waals surface area contributed by atoms with E-state index >= 15 is 0 Å². The molecule has 1 heterocycles. The van der Waals surface area contributed by atoms with Crippen LogP contribution in [-0.4, -0.2) is 31.8 Å². The standard InChI is InChI=1S/C15H21Cl2N3O.HI/c1-15(6-3-7-21-15)10-20-14(18-2)19-9-11-4-5-12(16)8-13(11)17;/h4-5,8H,3,6-7,9-10H2,1-2H3,(H2,18,19,20);1H. The maximum atomic E-state index is 6.15. The van der Waals surface area contributed by atoms with Gasteiger partial charge in [0.05, 0.1) is 5.60 Å². The molecule has 2 N–H and O–H groups in total. The van der Waals surface area contributed by atoms with Gasteiger partial charge in [0.25, 0.3) is 0 Å². The molecule has 1 unspecified atom stereocenters. The molecule has 4 nitrogen and oxygen atoms in total. The Morgan fingerprint density at radius 3 is 2.73 bits per heavy atom. The van der Waals surface area contributed by atoms with Crippen molar-refractivity contribution in [1.29, 1.82) is 0 Å². The van der Waals surface area contributed by atoms with Crippen molar-refractivity contribution < 1.29 is 4.74 Å². The third-order valence-corrected chi connectivity index (χ3v) is 4.20. The third kappa shape index (κ3) is 5.76. The molecule has 1 fully saturated rings. The SMILES string of the molecule is CN=C(NCc1ccc(Cl)cc1Cl)NCC1(C)CCCO1.I. The van der Waals surface area contributed by atoms with Gasteiger partial charge < -0.3 is 15.4 Å². The lowest BCUT2D eigenvalue weighted by Gasteiger charge is -2.24. The van der Waals surface area contributed by atoms with E-state index in [1.807, 2.05) is 12.1 Å². The molecule has 1 aliphatic rings. The number of aliphatic imine (C=N–C) groups is 1. The normalized spacial score (nSPS) is 21.4. The molecule has 7 heteroatoms. The van der Waals surface area contributed by atoms with Gasteiger partial charge in [-0.25, -0.2) is 0 Å². The minimum Gasteiger partial charge on any atom is -0.373 e. The molecule has 1 saturated heterocycles. The third-order valence-electron chi connectivity index (χ3n) is 3.62. The van der Waals surface area contributed by atoms with E-state index in [9.17, 15) is 0 Å². The van der Waals surface area contributed by atoms with Crippen LogP contribution >= 0.6 is 47.2 Å². The van der Waals surface area contributed by atoms with Crippen molar-refractivity contribution in [3.05, 3.63) is 33.8 Å². The van der Waals surface area contributed by atoms with E-state index in [1.165, 1.54) is 0 Å². The van der Waals surface area contributed by atoms with Crippen LogP contribution in [0.15, 0.2) is 23.2 Å². The number of nitrogens with one attached hydrogen (secondary N) is 2. The predicted molar refractivity (Wildman–Crippen MR) is 104 cm³/mol. The summed E-state index contributed by atoms with van der Waals surface area (Å²) >= 11 is 12.0. The van der Waals surface area contributed by atoms with Crippen molar-refractivity contribution in [2.75, 3.05) is 20.2 Å². The molecule has 0 aromatic heterocycles. The van der Waals surface area contributed by atoms with Crippen molar-refractivity contribution >= 4 is 53.1 Å². The fraction of sp³-hybridized carbons (Fsp3) is 0.533. The number of nitrogens with zero attached hydrogens (tertiary/aromatic N) is 1. The van der Waals surface area contributed by atoms with Crippen molar-refractivity contribution in [2.24, 2.45) is 4.99 Å². The Hall–Kier alpha value is -0.240. The number of hydrogen-bond donors (Lipinski definition) is 2. The summed E-state index contributed by atoms with van der Waals surface area (Å²) in [6.45, 7) is 4.29. The van der Waals surface area contributed by atoms with Gasteiger partial charge in [-0.1, -0.05) is 29.3 Å². The highest BCUT2D eigenvalue weighted by Crippen LogP contribution is 2.24. The summed E-state index contributed by atoms with van der Waals surface area (Å²) in [5.74, 6) is 0.734. The molecular weight excluding hydrogens is 436 g/mol. The van der Waals surface area contributed by atoms with Crippen LogP contribution in [0.2, 0.25) is 10.0 Å². The van der Waals surface area contributed by atoms with Crippen molar-refractivity contribution in [3.63, 3.8) is 0 Å². The summed E-state index contributed by atoms with van der Waals surface area (Å²) in [7, 11) is 1.75. The zero-order chi connectivity index (χ0) is 15.3. The molecule has 1 aromatic rings. The topological polar surface area (TPSA) is 45.7 Å². The minimum absolute atomic E-state index is 0. The first-order valence-corrected chi connectivity index (χ1v) is 7.80. The Morgan fingerprint density at radius 2 is 2.14 bits per heavy atom. The Bertz CT molecular complexity index is 520. The Morgan fingerprint density at radius 1 is 1.36 bits per heavy atom. The molecule has 1 aliphatic heterocycles. The van der Waals surface area contributed by atoms with Gasteiger partial charge in [-0.2, -0.15) is 0 Å². The van der Waals surface area contributed by atoms with Crippen LogP contribution in [0, 0.1) is 0 Å². The van der Waals surface area contributed by atoms with Gasteiger partial charge in [-0.05, 0) is 37.5 Å². The van der Waals surface area contributed by atoms with Crippen molar-refractivity contribution in [2.45, 2.75) is 31.9 Å². The van der Waals surface area contributed by atoms with Gasteiger partial charge in [-0.3, -0.25) is 4.99 Å².